The van der Waals surface area contributed by atoms with Gasteiger partial charge in [0.25, 0.3) is 0 Å². The zero-order valence-electron chi connectivity index (χ0n) is 14.3. The van der Waals surface area contributed by atoms with Gasteiger partial charge in [-0.3, -0.25) is 4.68 Å². The van der Waals surface area contributed by atoms with Gasteiger partial charge >= 0.3 is 0 Å². The molecule has 3 rings (SSSR count). The summed E-state index contributed by atoms with van der Waals surface area (Å²) in [6.45, 7) is 8.06. The zero-order chi connectivity index (χ0) is 17.0. The van der Waals surface area contributed by atoms with Crippen molar-refractivity contribution in [2.24, 2.45) is 0 Å². The topological polar surface area (TPSA) is 55.6 Å². The first-order chi connectivity index (χ1) is 11.5. The second-order valence-corrected chi connectivity index (χ2v) is 7.71. The molecular formula is C18H23N5S. The van der Waals surface area contributed by atoms with E-state index in [9.17, 15) is 0 Å². The lowest BCUT2D eigenvalue weighted by atomic mass is 9.98. The molecule has 0 spiro atoms. The van der Waals surface area contributed by atoms with Crippen LogP contribution in [0.1, 0.15) is 43.1 Å². The largest absolute Gasteiger partial charge is 0.303 e. The lowest BCUT2D eigenvalue weighted by Gasteiger charge is -2.19. The number of thiazole rings is 1. The minimum atomic E-state index is 0.0997. The molecule has 0 amide bonds. The van der Waals surface area contributed by atoms with Crippen LogP contribution in [0.5, 0.6) is 0 Å². The van der Waals surface area contributed by atoms with Crippen molar-refractivity contribution in [2.45, 2.75) is 45.3 Å². The van der Waals surface area contributed by atoms with E-state index in [-0.39, 0.29) is 11.5 Å². The number of nitrogens with one attached hydrogen (secondary N) is 1. The standard InChI is InChI=1S/C18H23N5S/c1-18(2,3)17-22-15(11-24-17)9-20-16(10-23-13-19-12-21-23)14-7-5-4-6-8-14/h4-8,11-13,16,20H,9-10H2,1-3H3. The lowest BCUT2D eigenvalue weighted by molar-refractivity contribution is 0.434. The Bertz CT molecular complexity index is 743. The third-order valence-electron chi connectivity index (χ3n) is 3.76. The molecule has 0 aliphatic carbocycles. The average Bonchev–Trinajstić information content (AvgIpc) is 3.23. The molecule has 0 aliphatic heterocycles. The summed E-state index contributed by atoms with van der Waals surface area (Å²) in [5.74, 6) is 0. The van der Waals surface area contributed by atoms with Gasteiger partial charge in [0.2, 0.25) is 0 Å². The number of hydrogen-bond acceptors (Lipinski definition) is 5. The van der Waals surface area contributed by atoms with Gasteiger partial charge < -0.3 is 5.32 Å². The van der Waals surface area contributed by atoms with E-state index in [0.29, 0.717) is 0 Å². The van der Waals surface area contributed by atoms with Crippen molar-refractivity contribution in [3.05, 3.63) is 64.6 Å². The Morgan fingerprint density at radius 2 is 2.00 bits per heavy atom. The SMILES string of the molecule is CC(C)(C)c1nc(CNC(Cn2cncn2)c2ccccc2)cs1. The monoisotopic (exact) mass is 341 g/mol. The second kappa shape index (κ2) is 7.23. The van der Waals surface area contributed by atoms with Gasteiger partial charge in [0.05, 0.1) is 23.3 Å². The van der Waals surface area contributed by atoms with Crippen LogP contribution in [0.15, 0.2) is 48.4 Å². The van der Waals surface area contributed by atoms with Crippen molar-refractivity contribution in [3.8, 4) is 0 Å². The fraction of sp³-hybridized carbons (Fsp3) is 0.389. The van der Waals surface area contributed by atoms with Crippen LogP contribution in [0.25, 0.3) is 0 Å². The fourth-order valence-electron chi connectivity index (χ4n) is 2.45. The highest BCUT2D eigenvalue weighted by Crippen LogP contribution is 2.26. The van der Waals surface area contributed by atoms with Crippen molar-refractivity contribution in [2.75, 3.05) is 0 Å². The highest BCUT2D eigenvalue weighted by atomic mass is 32.1. The van der Waals surface area contributed by atoms with Crippen LogP contribution < -0.4 is 5.32 Å². The van der Waals surface area contributed by atoms with Crippen LogP contribution in [0.2, 0.25) is 0 Å². The molecule has 0 radical (unpaired) electrons. The Hall–Kier alpha value is -2.05. The summed E-state index contributed by atoms with van der Waals surface area (Å²) in [7, 11) is 0. The number of nitrogens with zero attached hydrogens (tertiary/aromatic N) is 4. The first-order valence-electron chi connectivity index (χ1n) is 8.08. The van der Waals surface area contributed by atoms with E-state index in [2.05, 4.69) is 65.8 Å². The molecule has 126 valence electrons. The zero-order valence-corrected chi connectivity index (χ0v) is 15.1. The molecule has 1 aromatic carbocycles. The van der Waals surface area contributed by atoms with E-state index in [1.807, 2.05) is 10.7 Å². The molecule has 0 fully saturated rings. The van der Waals surface area contributed by atoms with Crippen molar-refractivity contribution in [3.63, 3.8) is 0 Å². The van der Waals surface area contributed by atoms with Crippen LogP contribution in [-0.4, -0.2) is 19.7 Å². The summed E-state index contributed by atoms with van der Waals surface area (Å²) < 4.78 is 1.85. The van der Waals surface area contributed by atoms with Crippen LogP contribution in [0.4, 0.5) is 0 Å². The molecule has 2 heterocycles. The van der Waals surface area contributed by atoms with E-state index in [0.717, 1.165) is 18.8 Å². The van der Waals surface area contributed by atoms with Gasteiger partial charge in [0.1, 0.15) is 12.7 Å². The second-order valence-electron chi connectivity index (χ2n) is 6.86. The highest BCUT2D eigenvalue weighted by Gasteiger charge is 2.18. The van der Waals surface area contributed by atoms with E-state index in [4.69, 9.17) is 4.98 Å². The molecule has 3 aromatic rings. The predicted molar refractivity (Wildman–Crippen MR) is 96.9 cm³/mol. The van der Waals surface area contributed by atoms with E-state index >= 15 is 0 Å². The molecule has 6 heteroatoms. The lowest BCUT2D eigenvalue weighted by Crippen LogP contribution is -2.26. The maximum Gasteiger partial charge on any atom is 0.137 e. The number of aromatic nitrogens is 4. The Morgan fingerprint density at radius 1 is 1.21 bits per heavy atom. The Balaban J connectivity index is 1.71. The van der Waals surface area contributed by atoms with Gasteiger partial charge in [-0.05, 0) is 5.56 Å². The highest BCUT2D eigenvalue weighted by molar-refractivity contribution is 7.09. The van der Waals surface area contributed by atoms with Gasteiger partial charge in [-0.1, -0.05) is 51.1 Å². The molecule has 24 heavy (non-hydrogen) atoms. The minimum absolute atomic E-state index is 0.0997. The van der Waals surface area contributed by atoms with Gasteiger partial charge in [0.15, 0.2) is 0 Å². The van der Waals surface area contributed by atoms with Crippen molar-refractivity contribution in [1.29, 1.82) is 0 Å². The summed E-state index contributed by atoms with van der Waals surface area (Å²) in [4.78, 5) is 8.80. The molecule has 1 unspecified atom stereocenters. The van der Waals surface area contributed by atoms with Crippen molar-refractivity contribution in [1.82, 2.24) is 25.1 Å². The van der Waals surface area contributed by atoms with E-state index in [1.165, 1.54) is 10.6 Å². The normalized spacial score (nSPS) is 13.1. The molecule has 0 aliphatic rings. The first kappa shape index (κ1) is 16.8. The summed E-state index contributed by atoms with van der Waals surface area (Å²) in [6.07, 6.45) is 3.32. The quantitative estimate of drug-likeness (QED) is 0.745. The van der Waals surface area contributed by atoms with Crippen molar-refractivity contribution >= 4 is 11.3 Å². The van der Waals surface area contributed by atoms with Crippen LogP contribution in [0.3, 0.4) is 0 Å². The van der Waals surface area contributed by atoms with E-state index < -0.39 is 0 Å². The number of rotatable bonds is 6. The Kier molecular flexibility index (Phi) is 5.06. The predicted octanol–water partition coefficient (Wildman–Crippen LogP) is 3.56. The summed E-state index contributed by atoms with van der Waals surface area (Å²) in [6, 6.07) is 10.6. The number of benzene rings is 1. The maximum absolute atomic E-state index is 4.77. The first-order valence-corrected chi connectivity index (χ1v) is 8.96. The number of hydrogen-bond donors (Lipinski definition) is 1. The summed E-state index contributed by atoms with van der Waals surface area (Å²) in [5, 5.41) is 11.2. The Morgan fingerprint density at radius 3 is 2.62 bits per heavy atom. The van der Waals surface area contributed by atoms with Crippen LogP contribution in [-0.2, 0) is 18.5 Å². The summed E-state index contributed by atoms with van der Waals surface area (Å²) >= 11 is 1.73. The molecule has 0 bridgehead atoms. The molecule has 5 nitrogen and oxygen atoms in total. The van der Waals surface area contributed by atoms with Gasteiger partial charge in [-0.2, -0.15) is 5.10 Å². The molecule has 0 saturated heterocycles. The fourth-order valence-corrected chi connectivity index (χ4v) is 3.35. The maximum atomic E-state index is 4.77. The molecular weight excluding hydrogens is 318 g/mol. The van der Waals surface area contributed by atoms with Gasteiger partial charge in [-0.25, -0.2) is 9.97 Å². The molecule has 1 atom stereocenters. The van der Waals surface area contributed by atoms with Gasteiger partial charge in [-0.15, -0.1) is 11.3 Å². The Labute approximate surface area is 146 Å². The van der Waals surface area contributed by atoms with Crippen molar-refractivity contribution < 1.29 is 0 Å². The smallest absolute Gasteiger partial charge is 0.137 e. The third-order valence-corrected chi connectivity index (χ3v) is 5.08. The van der Waals surface area contributed by atoms with Crippen LogP contribution >= 0.6 is 11.3 Å². The van der Waals surface area contributed by atoms with E-state index in [1.54, 1.807) is 24.0 Å². The van der Waals surface area contributed by atoms with Crippen LogP contribution in [0, 0.1) is 0 Å². The van der Waals surface area contributed by atoms with Gasteiger partial charge in [0, 0.05) is 17.3 Å². The average molecular weight is 341 g/mol. The minimum Gasteiger partial charge on any atom is -0.303 e. The third kappa shape index (κ3) is 4.27. The molecule has 2 aromatic heterocycles. The summed E-state index contributed by atoms with van der Waals surface area (Å²) in [5.41, 5.74) is 2.42. The molecule has 0 saturated carbocycles. The molecule has 1 N–H and O–H groups in total.